The molecule has 1 heterocycles. The van der Waals surface area contributed by atoms with Gasteiger partial charge in [-0.25, -0.2) is 0 Å². The van der Waals surface area contributed by atoms with Gasteiger partial charge in [0.25, 0.3) is 0 Å². The average molecular weight is 256 g/mol. The fourth-order valence-corrected chi connectivity index (χ4v) is 2.22. The first-order chi connectivity index (χ1) is 8.20. The molecule has 1 aliphatic carbocycles. The molecule has 0 saturated heterocycles. The summed E-state index contributed by atoms with van der Waals surface area (Å²) in [7, 11) is 0. The zero-order valence-electron chi connectivity index (χ0n) is 9.67. The molecule has 0 radical (unpaired) electrons. The molecule has 94 valence electrons. The van der Waals surface area contributed by atoms with Crippen LogP contribution in [0, 0.1) is 0 Å². The lowest BCUT2D eigenvalue weighted by molar-refractivity contribution is -0.119. The van der Waals surface area contributed by atoms with Gasteiger partial charge in [0.05, 0.1) is 12.4 Å². The van der Waals surface area contributed by atoms with Crippen LogP contribution in [0.3, 0.4) is 0 Å². The molecular formula is C10H16N4O2S. The van der Waals surface area contributed by atoms with Crippen molar-refractivity contribution < 1.29 is 9.90 Å². The third kappa shape index (κ3) is 3.44. The van der Waals surface area contributed by atoms with E-state index in [0.29, 0.717) is 11.8 Å². The molecule has 1 aliphatic rings. The maximum Gasteiger partial charge on any atom is 0.230 e. The second-order valence-corrected chi connectivity index (χ2v) is 5.13. The molecule has 6 nitrogen and oxygen atoms in total. The van der Waals surface area contributed by atoms with Gasteiger partial charge in [-0.3, -0.25) is 4.79 Å². The maximum absolute atomic E-state index is 11.5. The van der Waals surface area contributed by atoms with E-state index in [1.54, 1.807) is 13.3 Å². The van der Waals surface area contributed by atoms with Crippen molar-refractivity contribution in [2.24, 2.45) is 0 Å². The summed E-state index contributed by atoms with van der Waals surface area (Å²) in [6.07, 6.45) is 4.05. The maximum atomic E-state index is 11.5. The SMILES string of the molecule is C[C@@H](CO)NC(=O)CSc1nncn1C1CC1. The van der Waals surface area contributed by atoms with Crippen LogP contribution in [-0.4, -0.2) is 44.2 Å². The number of aliphatic hydroxyl groups is 1. The van der Waals surface area contributed by atoms with Crippen molar-refractivity contribution in [3.05, 3.63) is 6.33 Å². The largest absolute Gasteiger partial charge is 0.394 e. The summed E-state index contributed by atoms with van der Waals surface area (Å²) in [6.45, 7) is 1.71. The van der Waals surface area contributed by atoms with Crippen molar-refractivity contribution in [3.8, 4) is 0 Å². The van der Waals surface area contributed by atoms with Crippen molar-refractivity contribution in [1.29, 1.82) is 0 Å². The summed E-state index contributed by atoms with van der Waals surface area (Å²) in [5, 5.41) is 20.1. The zero-order valence-corrected chi connectivity index (χ0v) is 10.5. The molecule has 1 saturated carbocycles. The van der Waals surface area contributed by atoms with Gasteiger partial charge >= 0.3 is 0 Å². The van der Waals surface area contributed by atoms with Crippen LogP contribution in [0.4, 0.5) is 0 Å². The van der Waals surface area contributed by atoms with E-state index in [1.165, 1.54) is 24.6 Å². The van der Waals surface area contributed by atoms with Crippen molar-refractivity contribution >= 4 is 17.7 Å². The van der Waals surface area contributed by atoms with E-state index in [0.717, 1.165) is 5.16 Å². The first-order valence-electron chi connectivity index (χ1n) is 5.63. The number of amides is 1. The Bertz CT molecular complexity index is 391. The molecule has 7 heteroatoms. The van der Waals surface area contributed by atoms with Crippen molar-refractivity contribution in [2.75, 3.05) is 12.4 Å². The molecule has 0 bridgehead atoms. The van der Waals surface area contributed by atoms with E-state index in [4.69, 9.17) is 5.11 Å². The molecule has 0 spiro atoms. The minimum atomic E-state index is -0.204. The Kier molecular flexibility index (Phi) is 4.01. The minimum Gasteiger partial charge on any atom is -0.394 e. The van der Waals surface area contributed by atoms with Gasteiger partial charge in [0.1, 0.15) is 6.33 Å². The number of hydrogen-bond acceptors (Lipinski definition) is 5. The number of rotatable bonds is 6. The molecule has 17 heavy (non-hydrogen) atoms. The van der Waals surface area contributed by atoms with Crippen LogP contribution in [0.5, 0.6) is 0 Å². The fraction of sp³-hybridized carbons (Fsp3) is 0.700. The van der Waals surface area contributed by atoms with Gasteiger partial charge in [-0.15, -0.1) is 10.2 Å². The Morgan fingerprint density at radius 1 is 1.76 bits per heavy atom. The molecule has 0 unspecified atom stereocenters. The highest BCUT2D eigenvalue weighted by Crippen LogP contribution is 2.37. The Balaban J connectivity index is 1.80. The fourth-order valence-electron chi connectivity index (χ4n) is 1.43. The van der Waals surface area contributed by atoms with Gasteiger partial charge in [-0.2, -0.15) is 0 Å². The number of aromatic nitrogens is 3. The van der Waals surface area contributed by atoms with Gasteiger partial charge in [0.15, 0.2) is 5.16 Å². The van der Waals surface area contributed by atoms with E-state index < -0.39 is 0 Å². The Hall–Kier alpha value is -1.08. The summed E-state index contributed by atoms with van der Waals surface area (Å²) >= 11 is 1.38. The van der Waals surface area contributed by atoms with Crippen LogP contribution in [0.15, 0.2) is 11.5 Å². The summed E-state index contributed by atoms with van der Waals surface area (Å²) in [5.41, 5.74) is 0. The van der Waals surface area contributed by atoms with E-state index >= 15 is 0 Å². The van der Waals surface area contributed by atoms with Gasteiger partial charge in [0.2, 0.25) is 5.91 Å². The molecule has 2 rings (SSSR count). The second-order valence-electron chi connectivity index (χ2n) is 4.19. The summed E-state index contributed by atoms with van der Waals surface area (Å²) in [4.78, 5) is 11.5. The van der Waals surface area contributed by atoms with E-state index in [9.17, 15) is 4.79 Å². The Morgan fingerprint density at radius 3 is 3.18 bits per heavy atom. The first-order valence-corrected chi connectivity index (χ1v) is 6.61. The summed E-state index contributed by atoms with van der Waals surface area (Å²) < 4.78 is 2.02. The van der Waals surface area contributed by atoms with Crippen molar-refractivity contribution in [1.82, 2.24) is 20.1 Å². The number of aliphatic hydroxyl groups excluding tert-OH is 1. The average Bonchev–Trinajstić information content (AvgIpc) is 3.05. The van der Waals surface area contributed by atoms with Gasteiger partial charge in [0, 0.05) is 12.1 Å². The number of nitrogens with zero attached hydrogens (tertiary/aromatic N) is 3. The minimum absolute atomic E-state index is 0.0470. The lowest BCUT2D eigenvalue weighted by Gasteiger charge is -2.10. The molecule has 2 N–H and O–H groups in total. The number of carbonyl (C=O) groups excluding carboxylic acids is 1. The molecule has 1 fully saturated rings. The van der Waals surface area contributed by atoms with Crippen LogP contribution in [-0.2, 0) is 4.79 Å². The van der Waals surface area contributed by atoms with Gasteiger partial charge in [-0.1, -0.05) is 11.8 Å². The highest BCUT2D eigenvalue weighted by atomic mass is 32.2. The quantitative estimate of drug-likeness (QED) is 0.711. The predicted octanol–water partition coefficient (Wildman–Crippen LogP) is 0.202. The molecule has 0 aliphatic heterocycles. The zero-order chi connectivity index (χ0) is 12.3. The summed E-state index contributed by atoms with van der Waals surface area (Å²) in [6, 6.07) is 0.316. The third-order valence-corrected chi connectivity index (χ3v) is 3.45. The summed E-state index contributed by atoms with van der Waals surface area (Å²) in [5.74, 6) is 0.206. The van der Waals surface area contributed by atoms with Crippen LogP contribution in [0.2, 0.25) is 0 Å². The lowest BCUT2D eigenvalue weighted by Crippen LogP contribution is -2.36. The highest BCUT2D eigenvalue weighted by Gasteiger charge is 2.26. The molecule has 1 amide bonds. The lowest BCUT2D eigenvalue weighted by atomic mass is 10.4. The Labute approximate surface area is 104 Å². The molecule has 1 aromatic rings. The smallest absolute Gasteiger partial charge is 0.230 e. The standard InChI is InChI=1S/C10H16N4O2S/c1-7(4-15)12-9(16)5-17-10-13-11-6-14(10)8-2-3-8/h6-8,15H,2-5H2,1H3,(H,12,16)/t7-/m0/s1. The van der Waals surface area contributed by atoms with Crippen LogP contribution >= 0.6 is 11.8 Å². The molecule has 1 aromatic heterocycles. The molecule has 0 aromatic carbocycles. The molecule has 1 atom stereocenters. The van der Waals surface area contributed by atoms with E-state index in [1.807, 2.05) is 4.57 Å². The van der Waals surface area contributed by atoms with Gasteiger partial charge in [-0.05, 0) is 19.8 Å². The number of hydrogen-bond donors (Lipinski definition) is 2. The number of thioether (sulfide) groups is 1. The van der Waals surface area contributed by atoms with E-state index in [2.05, 4.69) is 15.5 Å². The monoisotopic (exact) mass is 256 g/mol. The topological polar surface area (TPSA) is 80.0 Å². The van der Waals surface area contributed by atoms with E-state index in [-0.39, 0.29) is 18.6 Å². The van der Waals surface area contributed by atoms with Gasteiger partial charge < -0.3 is 15.0 Å². The number of nitrogens with one attached hydrogen (secondary N) is 1. The van der Waals surface area contributed by atoms with Crippen molar-refractivity contribution in [3.63, 3.8) is 0 Å². The normalized spacial score (nSPS) is 16.8. The second kappa shape index (κ2) is 5.50. The third-order valence-electron chi connectivity index (χ3n) is 2.49. The van der Waals surface area contributed by atoms with Crippen molar-refractivity contribution in [2.45, 2.75) is 37.0 Å². The first kappa shape index (κ1) is 12.4. The van der Waals surface area contributed by atoms with Crippen LogP contribution in [0.1, 0.15) is 25.8 Å². The number of carbonyl (C=O) groups is 1. The molecular weight excluding hydrogens is 240 g/mol. The van der Waals surface area contributed by atoms with Crippen LogP contribution in [0.25, 0.3) is 0 Å². The predicted molar refractivity (Wildman–Crippen MR) is 63.7 cm³/mol. The highest BCUT2D eigenvalue weighted by molar-refractivity contribution is 7.99. The Morgan fingerprint density at radius 2 is 2.53 bits per heavy atom. The van der Waals surface area contributed by atoms with Crippen LogP contribution < -0.4 is 5.32 Å².